The summed E-state index contributed by atoms with van der Waals surface area (Å²) in [5, 5.41) is 1.00. The van der Waals surface area contributed by atoms with Crippen LogP contribution in [0.4, 0.5) is 14.5 Å². The van der Waals surface area contributed by atoms with Gasteiger partial charge in [0.05, 0.1) is 5.69 Å². The van der Waals surface area contributed by atoms with Gasteiger partial charge in [-0.25, -0.2) is 13.0 Å². The van der Waals surface area contributed by atoms with E-state index in [9.17, 15) is 17.8 Å². The van der Waals surface area contributed by atoms with Crippen molar-refractivity contribution < 1.29 is 18.5 Å². The third-order valence-corrected chi connectivity index (χ3v) is 4.20. The first kappa shape index (κ1) is 18.8. The highest BCUT2D eigenvalue weighted by atomic mass is 32.2. The highest BCUT2D eigenvalue weighted by Gasteiger charge is 2.16. The Morgan fingerprint density at radius 1 is 1.04 bits per heavy atom. The molecular formula is C17H16F2N2O3S. The Labute approximate surface area is 144 Å². The Morgan fingerprint density at radius 2 is 1.68 bits per heavy atom. The lowest BCUT2D eigenvalue weighted by Gasteiger charge is -2.13. The van der Waals surface area contributed by atoms with Crippen molar-refractivity contribution in [3.8, 4) is 11.1 Å². The number of hydrogen-bond donors (Lipinski definition) is 1. The molecule has 0 radical (unpaired) electrons. The molecule has 2 aromatic carbocycles. The number of rotatable bonds is 3. The molecule has 0 aliphatic carbocycles. The second-order valence-corrected chi connectivity index (χ2v) is 6.48. The van der Waals surface area contributed by atoms with Crippen LogP contribution in [0, 0.1) is 11.6 Å². The summed E-state index contributed by atoms with van der Waals surface area (Å²) in [5.41, 5.74) is 0.307. The first-order chi connectivity index (χ1) is 11.4. The molecule has 0 aliphatic heterocycles. The number of halogens is 2. The summed E-state index contributed by atoms with van der Waals surface area (Å²) in [5.74, 6) is -1.59. The molecule has 1 aromatic heterocycles. The topological polar surface area (TPSA) is 82.6 Å². The van der Waals surface area contributed by atoms with Gasteiger partial charge in [0.25, 0.3) is 5.56 Å². The van der Waals surface area contributed by atoms with E-state index in [4.69, 9.17) is 0 Å². The van der Waals surface area contributed by atoms with Crippen molar-refractivity contribution in [1.29, 1.82) is 0 Å². The smallest absolute Gasteiger partial charge is 0.258 e. The molecule has 3 N–H and O–H groups in total. The fourth-order valence-electron chi connectivity index (χ4n) is 2.62. The van der Waals surface area contributed by atoms with Crippen molar-refractivity contribution in [3.63, 3.8) is 0 Å². The molecule has 1 unspecified atom stereocenters. The van der Waals surface area contributed by atoms with Crippen molar-refractivity contribution >= 4 is 27.4 Å². The van der Waals surface area contributed by atoms with Crippen LogP contribution in [0.1, 0.15) is 0 Å². The van der Waals surface area contributed by atoms with E-state index >= 15 is 0 Å². The number of fused-ring (bicyclic) bond motifs is 1. The first-order valence-corrected chi connectivity index (χ1v) is 8.62. The molecule has 132 valence electrons. The van der Waals surface area contributed by atoms with Gasteiger partial charge >= 0.3 is 0 Å². The largest absolute Gasteiger partial charge is 0.412 e. The molecule has 25 heavy (non-hydrogen) atoms. The lowest BCUT2D eigenvalue weighted by atomic mass is 9.99. The maximum Gasteiger partial charge on any atom is 0.258 e. The second-order valence-electron chi connectivity index (χ2n) is 5.37. The highest BCUT2D eigenvalue weighted by Crippen LogP contribution is 2.32. The van der Waals surface area contributed by atoms with Gasteiger partial charge in [0.2, 0.25) is 0 Å². The summed E-state index contributed by atoms with van der Waals surface area (Å²) in [6.45, 7) is 0. The molecule has 5 nitrogen and oxygen atoms in total. The van der Waals surface area contributed by atoms with Gasteiger partial charge in [0, 0.05) is 42.1 Å². The Hall–Kier alpha value is -2.58. The molecule has 3 aromatic rings. The van der Waals surface area contributed by atoms with Crippen LogP contribution in [0.3, 0.4) is 0 Å². The summed E-state index contributed by atoms with van der Waals surface area (Å²) in [7, 11) is 0.0685. The molecule has 0 saturated heterocycles. The Morgan fingerprint density at radius 3 is 2.32 bits per heavy atom. The summed E-state index contributed by atoms with van der Waals surface area (Å²) in [4.78, 5) is 12.2. The molecule has 1 atom stereocenters. The number of pyridine rings is 1. The minimum Gasteiger partial charge on any atom is -0.412 e. The van der Waals surface area contributed by atoms with E-state index in [1.165, 1.54) is 23.1 Å². The Kier molecular flexibility index (Phi) is 5.34. The monoisotopic (exact) mass is 366 g/mol. The zero-order chi connectivity index (χ0) is 17.4. The third kappa shape index (κ3) is 3.45. The average molecular weight is 366 g/mol. The quantitative estimate of drug-likeness (QED) is 0.772. The molecule has 0 aliphatic rings. The van der Waals surface area contributed by atoms with Crippen LogP contribution >= 0.6 is 0 Å². The molecule has 0 fully saturated rings. The van der Waals surface area contributed by atoms with Crippen LogP contribution in [0.15, 0.2) is 47.4 Å². The van der Waals surface area contributed by atoms with E-state index in [1.54, 1.807) is 31.3 Å². The zero-order valence-corrected chi connectivity index (χ0v) is 14.3. The van der Waals surface area contributed by atoms with Gasteiger partial charge in [-0.3, -0.25) is 4.79 Å². The highest BCUT2D eigenvalue weighted by molar-refractivity contribution is 7.85. The van der Waals surface area contributed by atoms with Crippen molar-refractivity contribution in [2.75, 3.05) is 11.0 Å². The number of aromatic nitrogens is 1. The molecule has 1 heterocycles. The maximum atomic E-state index is 14.4. The van der Waals surface area contributed by atoms with Crippen LogP contribution in [-0.2, 0) is 18.0 Å². The normalized spacial score (nSPS) is 11.8. The van der Waals surface area contributed by atoms with Crippen molar-refractivity contribution in [3.05, 3.63) is 64.6 Å². The predicted molar refractivity (Wildman–Crippen MR) is 95.8 cm³/mol. The third-order valence-electron chi connectivity index (χ3n) is 3.69. The number of benzene rings is 2. The van der Waals surface area contributed by atoms with Crippen molar-refractivity contribution in [1.82, 2.24) is 4.57 Å². The van der Waals surface area contributed by atoms with Crippen LogP contribution in [0.2, 0.25) is 0 Å². The van der Waals surface area contributed by atoms with Crippen molar-refractivity contribution in [2.24, 2.45) is 7.05 Å². The second kappa shape index (κ2) is 7.12. The van der Waals surface area contributed by atoms with E-state index < -0.39 is 22.6 Å². The van der Waals surface area contributed by atoms with Crippen LogP contribution < -0.4 is 10.3 Å². The van der Waals surface area contributed by atoms with Gasteiger partial charge in [-0.15, -0.1) is 0 Å². The van der Waals surface area contributed by atoms with Crippen LogP contribution in [0.5, 0.6) is 0 Å². The summed E-state index contributed by atoms with van der Waals surface area (Å²) in [6, 6.07) is 8.83. The van der Waals surface area contributed by atoms with E-state index in [0.29, 0.717) is 16.3 Å². The lowest BCUT2D eigenvalue weighted by molar-refractivity contribution is 0.588. The van der Waals surface area contributed by atoms with Gasteiger partial charge < -0.3 is 14.8 Å². The standard InChI is InChI=1S/C17H14F2N2O2S.H2O/c1-21-9-13(10-5-3-4-6-11(10)17(21)22)12-7-16(20-24(2)23)15(19)8-14(12)18;/h3-9,20H,1-2H3;1H2. The first-order valence-electron chi connectivity index (χ1n) is 7.06. The Balaban J connectivity index is 0.00000225. The van der Waals surface area contributed by atoms with Gasteiger partial charge in [-0.05, 0) is 17.5 Å². The van der Waals surface area contributed by atoms with Gasteiger partial charge in [-0.2, -0.15) is 0 Å². The molecule has 3 rings (SSSR count). The Bertz CT molecular complexity index is 1030. The van der Waals surface area contributed by atoms with E-state index in [1.807, 2.05) is 0 Å². The van der Waals surface area contributed by atoms with E-state index in [0.717, 1.165) is 6.07 Å². The number of anilines is 1. The van der Waals surface area contributed by atoms with E-state index in [-0.39, 0.29) is 22.3 Å². The molecular weight excluding hydrogens is 350 g/mol. The van der Waals surface area contributed by atoms with Crippen LogP contribution in [-0.4, -0.2) is 20.5 Å². The number of aryl methyl sites for hydroxylation is 1. The maximum absolute atomic E-state index is 14.4. The number of hydrogen-bond acceptors (Lipinski definition) is 2. The van der Waals surface area contributed by atoms with Crippen molar-refractivity contribution in [2.45, 2.75) is 0 Å². The zero-order valence-electron chi connectivity index (χ0n) is 13.5. The van der Waals surface area contributed by atoms with E-state index in [2.05, 4.69) is 4.72 Å². The van der Waals surface area contributed by atoms with Gasteiger partial charge in [0.1, 0.15) is 22.6 Å². The fraction of sp³-hybridized carbons (Fsp3) is 0.118. The molecule has 8 heteroatoms. The summed E-state index contributed by atoms with van der Waals surface area (Å²) in [6.07, 6.45) is 2.86. The predicted octanol–water partition coefficient (Wildman–Crippen LogP) is 2.36. The molecule has 0 bridgehead atoms. The molecule has 0 amide bonds. The lowest BCUT2D eigenvalue weighted by Crippen LogP contribution is -2.16. The minimum absolute atomic E-state index is 0. The average Bonchev–Trinajstić information content (AvgIpc) is 2.53. The SMILES string of the molecule is Cn1cc(-c2cc(NS(C)=O)c(F)cc2F)c2ccccc2c1=O.O. The summed E-state index contributed by atoms with van der Waals surface area (Å²) >= 11 is 0. The minimum atomic E-state index is -1.50. The van der Waals surface area contributed by atoms with Gasteiger partial charge in [-0.1, -0.05) is 18.2 Å². The molecule has 0 spiro atoms. The summed E-state index contributed by atoms with van der Waals surface area (Å²) < 4.78 is 43.4. The number of nitrogens with one attached hydrogen (secondary N) is 1. The molecule has 0 saturated carbocycles. The van der Waals surface area contributed by atoms with Crippen LogP contribution in [0.25, 0.3) is 21.9 Å². The number of nitrogens with zero attached hydrogens (tertiary/aromatic N) is 1. The van der Waals surface area contributed by atoms with Gasteiger partial charge in [0.15, 0.2) is 0 Å². The fourth-order valence-corrected chi connectivity index (χ4v) is 3.09.